The number of hydrogen-bond acceptors (Lipinski definition) is 1. The van der Waals surface area contributed by atoms with E-state index in [2.05, 4.69) is 25.6 Å². The van der Waals surface area contributed by atoms with Crippen molar-refractivity contribution in [1.82, 2.24) is 0 Å². The molecule has 58 valence electrons. The van der Waals surface area contributed by atoms with Crippen LogP contribution in [0.1, 0.15) is 17.2 Å². The molecule has 0 saturated carbocycles. The van der Waals surface area contributed by atoms with Gasteiger partial charge in [-0.2, -0.15) is 0 Å². The van der Waals surface area contributed by atoms with Gasteiger partial charge in [-0.25, -0.2) is 0 Å². The van der Waals surface area contributed by atoms with Crippen LogP contribution in [0.4, 0.5) is 0 Å². The highest BCUT2D eigenvalue weighted by atomic mass is 14.6. The largest absolute Gasteiger partial charge is 0.321 e. The van der Waals surface area contributed by atoms with E-state index in [-0.39, 0.29) is 6.04 Å². The first-order chi connectivity index (χ1) is 5.24. The Hall–Kier alpha value is -1.08. The minimum atomic E-state index is -0.0319. The summed E-state index contributed by atoms with van der Waals surface area (Å²) < 4.78 is 0. The van der Waals surface area contributed by atoms with Gasteiger partial charge in [-0.15, -0.1) is 6.58 Å². The smallest absolute Gasteiger partial charge is 0.0478 e. The van der Waals surface area contributed by atoms with Gasteiger partial charge in [0.15, 0.2) is 0 Å². The molecule has 0 saturated heterocycles. The maximum absolute atomic E-state index is 5.73. The molecule has 0 radical (unpaired) electrons. The maximum Gasteiger partial charge on any atom is 0.0478 e. The molecular weight excluding hydrogens is 134 g/mol. The normalized spacial score (nSPS) is 12.5. The van der Waals surface area contributed by atoms with E-state index in [1.165, 1.54) is 5.56 Å². The molecule has 0 aliphatic rings. The zero-order valence-corrected chi connectivity index (χ0v) is 6.75. The molecule has 0 amide bonds. The van der Waals surface area contributed by atoms with Crippen LogP contribution in [-0.2, 0) is 0 Å². The zero-order chi connectivity index (χ0) is 8.27. The number of hydrogen-bond donors (Lipinski definition) is 1. The third-order valence-electron chi connectivity index (χ3n) is 1.72. The highest BCUT2D eigenvalue weighted by Crippen LogP contribution is 2.11. The lowest BCUT2D eigenvalue weighted by molar-refractivity contribution is 0.913. The molecule has 0 heterocycles. The molecular formula is C10H13N. The third kappa shape index (κ3) is 1.92. The first-order valence-corrected chi connectivity index (χ1v) is 3.68. The van der Waals surface area contributed by atoms with Crippen molar-refractivity contribution in [3.05, 3.63) is 48.0 Å². The topological polar surface area (TPSA) is 26.0 Å². The van der Waals surface area contributed by atoms with Gasteiger partial charge < -0.3 is 5.73 Å². The Bertz CT molecular complexity index is 236. The lowest BCUT2D eigenvalue weighted by Gasteiger charge is -2.05. The van der Waals surface area contributed by atoms with E-state index in [4.69, 9.17) is 5.73 Å². The summed E-state index contributed by atoms with van der Waals surface area (Å²) in [5, 5.41) is 0. The monoisotopic (exact) mass is 147 g/mol. The minimum absolute atomic E-state index is 0.0319. The lowest BCUT2D eigenvalue weighted by Crippen LogP contribution is -2.05. The molecule has 0 aliphatic heterocycles. The summed E-state index contributed by atoms with van der Waals surface area (Å²) in [5.74, 6) is 0. The summed E-state index contributed by atoms with van der Waals surface area (Å²) in [7, 11) is 0. The minimum Gasteiger partial charge on any atom is -0.321 e. The van der Waals surface area contributed by atoms with Crippen molar-refractivity contribution in [2.75, 3.05) is 0 Å². The van der Waals surface area contributed by atoms with E-state index in [0.29, 0.717) is 0 Å². The second kappa shape index (κ2) is 3.35. The highest BCUT2D eigenvalue weighted by molar-refractivity contribution is 5.25. The van der Waals surface area contributed by atoms with Gasteiger partial charge in [-0.05, 0) is 12.5 Å². The summed E-state index contributed by atoms with van der Waals surface area (Å²) in [4.78, 5) is 0. The third-order valence-corrected chi connectivity index (χ3v) is 1.72. The molecule has 1 nitrogen and oxygen atoms in total. The van der Waals surface area contributed by atoms with Gasteiger partial charge in [0, 0.05) is 6.04 Å². The Morgan fingerprint density at radius 1 is 1.36 bits per heavy atom. The molecule has 1 aromatic carbocycles. The van der Waals surface area contributed by atoms with Gasteiger partial charge in [-0.1, -0.05) is 35.9 Å². The Kier molecular flexibility index (Phi) is 2.44. The fourth-order valence-electron chi connectivity index (χ4n) is 0.925. The molecule has 0 aliphatic carbocycles. The first kappa shape index (κ1) is 8.02. The van der Waals surface area contributed by atoms with E-state index in [1.807, 2.05) is 12.1 Å². The van der Waals surface area contributed by atoms with E-state index in [9.17, 15) is 0 Å². The summed E-state index contributed by atoms with van der Waals surface area (Å²) >= 11 is 0. The van der Waals surface area contributed by atoms with E-state index < -0.39 is 0 Å². The van der Waals surface area contributed by atoms with Crippen LogP contribution < -0.4 is 5.73 Å². The highest BCUT2D eigenvalue weighted by Gasteiger charge is 1.98. The van der Waals surface area contributed by atoms with E-state index in [1.54, 1.807) is 6.08 Å². The van der Waals surface area contributed by atoms with E-state index in [0.717, 1.165) is 5.56 Å². The number of aryl methyl sites for hydroxylation is 1. The summed E-state index contributed by atoms with van der Waals surface area (Å²) in [6, 6.07) is 8.14. The molecule has 1 heteroatoms. The molecule has 0 unspecified atom stereocenters. The molecule has 0 aromatic heterocycles. The fraction of sp³-hybridized carbons (Fsp3) is 0.200. The zero-order valence-electron chi connectivity index (χ0n) is 6.75. The Labute approximate surface area is 67.5 Å². The Morgan fingerprint density at radius 2 is 1.91 bits per heavy atom. The quantitative estimate of drug-likeness (QED) is 0.637. The van der Waals surface area contributed by atoms with Crippen molar-refractivity contribution in [3.8, 4) is 0 Å². The molecule has 0 bridgehead atoms. The van der Waals surface area contributed by atoms with Crippen LogP contribution in [0.25, 0.3) is 0 Å². The van der Waals surface area contributed by atoms with Crippen molar-refractivity contribution in [3.63, 3.8) is 0 Å². The van der Waals surface area contributed by atoms with Crippen molar-refractivity contribution >= 4 is 0 Å². The van der Waals surface area contributed by atoms with Gasteiger partial charge >= 0.3 is 0 Å². The second-order valence-electron chi connectivity index (χ2n) is 2.67. The summed E-state index contributed by atoms with van der Waals surface area (Å²) in [5.41, 5.74) is 8.10. The first-order valence-electron chi connectivity index (χ1n) is 3.68. The molecule has 1 rings (SSSR count). The molecule has 0 fully saturated rings. The number of nitrogens with two attached hydrogens (primary N) is 1. The van der Waals surface area contributed by atoms with Gasteiger partial charge in [-0.3, -0.25) is 0 Å². The predicted molar refractivity (Wildman–Crippen MR) is 48.3 cm³/mol. The second-order valence-corrected chi connectivity index (χ2v) is 2.67. The lowest BCUT2D eigenvalue weighted by atomic mass is 10.1. The summed E-state index contributed by atoms with van der Waals surface area (Å²) in [6.45, 7) is 5.69. The average Bonchev–Trinajstić information content (AvgIpc) is 2.05. The standard InChI is InChI=1S/C10H13N/c1-3-10(11)9-6-4-8(2)5-7-9/h3-7,10H,1,11H2,2H3/t10-/m1/s1. The summed E-state index contributed by atoms with van der Waals surface area (Å²) in [6.07, 6.45) is 1.74. The Balaban J connectivity index is 2.89. The molecule has 1 aromatic rings. The Morgan fingerprint density at radius 3 is 2.36 bits per heavy atom. The number of benzene rings is 1. The predicted octanol–water partition coefficient (Wildman–Crippen LogP) is 2.18. The molecule has 0 spiro atoms. The van der Waals surface area contributed by atoms with Crippen LogP contribution in [-0.4, -0.2) is 0 Å². The van der Waals surface area contributed by atoms with Gasteiger partial charge in [0.05, 0.1) is 0 Å². The van der Waals surface area contributed by atoms with Gasteiger partial charge in [0.1, 0.15) is 0 Å². The van der Waals surface area contributed by atoms with Crippen molar-refractivity contribution in [1.29, 1.82) is 0 Å². The SMILES string of the molecule is C=C[C@@H](N)c1ccc(C)cc1. The van der Waals surface area contributed by atoms with Crippen LogP contribution in [0.2, 0.25) is 0 Å². The van der Waals surface area contributed by atoms with Crippen LogP contribution in [0.3, 0.4) is 0 Å². The van der Waals surface area contributed by atoms with Crippen molar-refractivity contribution in [2.45, 2.75) is 13.0 Å². The molecule has 2 N–H and O–H groups in total. The van der Waals surface area contributed by atoms with Gasteiger partial charge in [0.25, 0.3) is 0 Å². The van der Waals surface area contributed by atoms with Gasteiger partial charge in [0.2, 0.25) is 0 Å². The molecule has 1 atom stereocenters. The number of rotatable bonds is 2. The average molecular weight is 147 g/mol. The van der Waals surface area contributed by atoms with Crippen LogP contribution in [0.5, 0.6) is 0 Å². The van der Waals surface area contributed by atoms with Crippen LogP contribution >= 0.6 is 0 Å². The van der Waals surface area contributed by atoms with Crippen LogP contribution in [0.15, 0.2) is 36.9 Å². The van der Waals surface area contributed by atoms with Crippen molar-refractivity contribution < 1.29 is 0 Å². The molecule has 11 heavy (non-hydrogen) atoms. The van der Waals surface area contributed by atoms with E-state index >= 15 is 0 Å². The maximum atomic E-state index is 5.73. The fourth-order valence-corrected chi connectivity index (χ4v) is 0.925. The van der Waals surface area contributed by atoms with Crippen molar-refractivity contribution in [2.24, 2.45) is 5.73 Å². The van der Waals surface area contributed by atoms with Crippen LogP contribution in [0, 0.1) is 6.92 Å².